The molecule has 0 spiro atoms. The molecule has 2 aromatic rings. The molecule has 7 nitrogen and oxygen atoms in total. The molecular formula is C18H21N3O4. The molecule has 1 fully saturated rings. The van der Waals surface area contributed by atoms with E-state index in [9.17, 15) is 9.90 Å². The van der Waals surface area contributed by atoms with Gasteiger partial charge in [-0.15, -0.1) is 0 Å². The van der Waals surface area contributed by atoms with E-state index in [1.807, 2.05) is 0 Å². The van der Waals surface area contributed by atoms with E-state index in [0.29, 0.717) is 30.4 Å². The quantitative estimate of drug-likeness (QED) is 0.825. The molecule has 0 unspecified atom stereocenters. The summed E-state index contributed by atoms with van der Waals surface area (Å²) in [6, 6.07) is 8.49. The molecule has 0 aromatic carbocycles. The molecule has 1 atom stereocenters. The van der Waals surface area contributed by atoms with Crippen LogP contribution in [0, 0.1) is 0 Å². The molecule has 1 amide bonds. The van der Waals surface area contributed by atoms with E-state index in [1.54, 1.807) is 42.7 Å². The predicted molar refractivity (Wildman–Crippen MR) is 90.2 cm³/mol. The molecule has 3 rings (SSSR count). The summed E-state index contributed by atoms with van der Waals surface area (Å²) >= 11 is 0. The number of amides is 1. The number of aliphatic hydroxyl groups is 1. The van der Waals surface area contributed by atoms with Crippen molar-refractivity contribution >= 4 is 5.91 Å². The molecule has 2 N–H and O–H groups in total. The van der Waals surface area contributed by atoms with E-state index in [0.717, 1.165) is 12.8 Å². The summed E-state index contributed by atoms with van der Waals surface area (Å²) in [7, 11) is 0. The average Bonchev–Trinajstić information content (AvgIpc) is 2.67. The molecule has 132 valence electrons. The van der Waals surface area contributed by atoms with Crippen LogP contribution in [0.2, 0.25) is 0 Å². The van der Waals surface area contributed by atoms with Crippen LogP contribution < -0.4 is 10.1 Å². The van der Waals surface area contributed by atoms with Gasteiger partial charge in [0.2, 0.25) is 5.88 Å². The van der Waals surface area contributed by atoms with Crippen LogP contribution in [0.15, 0.2) is 42.7 Å². The first-order chi connectivity index (χ1) is 12.2. The largest absolute Gasteiger partial charge is 0.474 e. The predicted octanol–water partition coefficient (Wildman–Crippen LogP) is 1.50. The lowest BCUT2D eigenvalue weighted by molar-refractivity contribution is 0.0237. The molecule has 2 aromatic heterocycles. The van der Waals surface area contributed by atoms with E-state index < -0.39 is 6.10 Å². The zero-order valence-electron chi connectivity index (χ0n) is 13.8. The first-order valence-electron chi connectivity index (χ1n) is 8.30. The Balaban J connectivity index is 1.55. The molecule has 1 aliphatic rings. The van der Waals surface area contributed by atoms with Crippen LogP contribution >= 0.6 is 0 Å². The maximum atomic E-state index is 12.3. The van der Waals surface area contributed by atoms with Gasteiger partial charge in [-0.1, -0.05) is 6.07 Å². The van der Waals surface area contributed by atoms with Gasteiger partial charge >= 0.3 is 0 Å². The van der Waals surface area contributed by atoms with E-state index in [4.69, 9.17) is 9.47 Å². The fraction of sp³-hybridized carbons (Fsp3) is 0.389. The Labute approximate surface area is 146 Å². The van der Waals surface area contributed by atoms with Crippen LogP contribution in [0.5, 0.6) is 5.88 Å². The lowest BCUT2D eigenvalue weighted by atomic mass is 10.1. The van der Waals surface area contributed by atoms with Gasteiger partial charge in [-0.2, -0.15) is 0 Å². The van der Waals surface area contributed by atoms with Gasteiger partial charge in [-0.05, 0) is 18.2 Å². The van der Waals surface area contributed by atoms with Gasteiger partial charge in [0, 0.05) is 43.4 Å². The van der Waals surface area contributed by atoms with Crippen molar-refractivity contribution in [2.75, 3.05) is 19.8 Å². The van der Waals surface area contributed by atoms with Crippen molar-refractivity contribution in [3.8, 4) is 5.88 Å². The van der Waals surface area contributed by atoms with Crippen molar-refractivity contribution < 1.29 is 19.4 Å². The summed E-state index contributed by atoms with van der Waals surface area (Å²) in [6.07, 6.45) is 3.97. The summed E-state index contributed by atoms with van der Waals surface area (Å²) in [5.41, 5.74) is 0.950. The van der Waals surface area contributed by atoms with Crippen LogP contribution in [0.4, 0.5) is 0 Å². The smallest absolute Gasteiger partial charge is 0.251 e. The van der Waals surface area contributed by atoms with E-state index in [1.165, 1.54) is 0 Å². The number of hydrogen-bond donors (Lipinski definition) is 2. The lowest BCUT2D eigenvalue weighted by Crippen LogP contribution is -2.29. The molecule has 0 bridgehead atoms. The van der Waals surface area contributed by atoms with Gasteiger partial charge in [0.05, 0.1) is 18.9 Å². The van der Waals surface area contributed by atoms with E-state index in [2.05, 4.69) is 15.3 Å². The van der Waals surface area contributed by atoms with Crippen LogP contribution in [0.25, 0.3) is 0 Å². The maximum Gasteiger partial charge on any atom is 0.251 e. The minimum absolute atomic E-state index is 0.0607. The molecular weight excluding hydrogens is 322 g/mol. The standard InChI is InChI=1S/C18H21N3O4/c22-16(15-3-1-2-7-19-15)12-21-18(23)13-4-8-20-17(11-13)25-14-5-9-24-10-6-14/h1-4,7-8,11,14,16,22H,5-6,9-10,12H2,(H,21,23)/t16-/m1/s1. The zero-order chi connectivity index (χ0) is 17.5. The Bertz CT molecular complexity index is 690. The summed E-state index contributed by atoms with van der Waals surface area (Å²) < 4.78 is 11.1. The van der Waals surface area contributed by atoms with Gasteiger partial charge in [-0.25, -0.2) is 4.98 Å². The first-order valence-corrected chi connectivity index (χ1v) is 8.30. The second kappa shape index (κ2) is 8.55. The molecule has 0 radical (unpaired) electrons. The van der Waals surface area contributed by atoms with Gasteiger partial charge in [0.1, 0.15) is 12.2 Å². The van der Waals surface area contributed by atoms with Crippen molar-refractivity contribution in [2.45, 2.75) is 25.0 Å². The Morgan fingerprint density at radius 1 is 1.28 bits per heavy atom. The summed E-state index contributed by atoms with van der Waals surface area (Å²) in [5, 5.41) is 12.8. The Kier molecular flexibility index (Phi) is 5.92. The van der Waals surface area contributed by atoms with Crippen molar-refractivity contribution in [2.24, 2.45) is 0 Å². The number of hydrogen-bond acceptors (Lipinski definition) is 6. The highest BCUT2D eigenvalue weighted by Crippen LogP contribution is 2.17. The zero-order valence-corrected chi connectivity index (χ0v) is 13.8. The number of pyridine rings is 2. The van der Waals surface area contributed by atoms with Crippen LogP contribution in [0.3, 0.4) is 0 Å². The van der Waals surface area contributed by atoms with Gasteiger partial charge in [0.15, 0.2) is 0 Å². The SMILES string of the molecule is O=C(NC[C@@H](O)c1ccccn1)c1ccnc(OC2CCOCC2)c1. The number of aromatic nitrogens is 2. The number of ether oxygens (including phenoxy) is 2. The number of nitrogens with zero attached hydrogens (tertiary/aromatic N) is 2. The minimum atomic E-state index is -0.857. The lowest BCUT2D eigenvalue weighted by Gasteiger charge is -2.22. The third-order valence-corrected chi connectivity index (χ3v) is 3.94. The van der Waals surface area contributed by atoms with Crippen molar-refractivity contribution in [3.63, 3.8) is 0 Å². The number of nitrogens with one attached hydrogen (secondary N) is 1. The minimum Gasteiger partial charge on any atom is -0.474 e. The Hall–Kier alpha value is -2.51. The van der Waals surface area contributed by atoms with Crippen molar-refractivity contribution in [1.82, 2.24) is 15.3 Å². The Morgan fingerprint density at radius 3 is 2.88 bits per heavy atom. The molecule has 25 heavy (non-hydrogen) atoms. The third-order valence-electron chi connectivity index (χ3n) is 3.94. The molecule has 1 aliphatic heterocycles. The summed E-state index contributed by atoms with van der Waals surface area (Å²) in [5.74, 6) is 0.124. The first kappa shape index (κ1) is 17.3. The highest BCUT2D eigenvalue weighted by atomic mass is 16.5. The van der Waals surface area contributed by atoms with Gasteiger partial charge in [0.25, 0.3) is 5.91 Å². The van der Waals surface area contributed by atoms with Gasteiger partial charge in [-0.3, -0.25) is 9.78 Å². The van der Waals surface area contributed by atoms with Crippen molar-refractivity contribution in [3.05, 3.63) is 54.0 Å². The van der Waals surface area contributed by atoms with E-state index in [-0.39, 0.29) is 18.6 Å². The summed E-state index contributed by atoms with van der Waals surface area (Å²) in [4.78, 5) is 20.5. The average molecular weight is 343 g/mol. The number of carbonyl (C=O) groups is 1. The molecule has 0 aliphatic carbocycles. The second-order valence-electron chi connectivity index (χ2n) is 5.79. The number of rotatable bonds is 6. The second-order valence-corrected chi connectivity index (χ2v) is 5.79. The maximum absolute atomic E-state index is 12.3. The molecule has 3 heterocycles. The fourth-order valence-electron chi connectivity index (χ4n) is 2.55. The molecule has 7 heteroatoms. The van der Waals surface area contributed by atoms with Crippen LogP contribution in [0.1, 0.15) is 35.0 Å². The highest BCUT2D eigenvalue weighted by Gasteiger charge is 2.17. The van der Waals surface area contributed by atoms with E-state index >= 15 is 0 Å². The van der Waals surface area contributed by atoms with Crippen LogP contribution in [-0.2, 0) is 4.74 Å². The number of aliphatic hydroxyl groups excluding tert-OH is 1. The summed E-state index contributed by atoms with van der Waals surface area (Å²) in [6.45, 7) is 1.43. The van der Waals surface area contributed by atoms with Crippen molar-refractivity contribution in [1.29, 1.82) is 0 Å². The fourth-order valence-corrected chi connectivity index (χ4v) is 2.55. The van der Waals surface area contributed by atoms with Crippen LogP contribution in [-0.4, -0.2) is 46.8 Å². The highest BCUT2D eigenvalue weighted by molar-refractivity contribution is 5.94. The van der Waals surface area contributed by atoms with Gasteiger partial charge < -0.3 is 19.9 Å². The molecule has 0 saturated carbocycles. The normalized spacial score (nSPS) is 16.2. The third kappa shape index (κ3) is 4.98. The topological polar surface area (TPSA) is 93.6 Å². The number of carbonyl (C=O) groups excluding carboxylic acids is 1. The Morgan fingerprint density at radius 2 is 2.12 bits per heavy atom. The monoisotopic (exact) mass is 343 g/mol. The molecule has 1 saturated heterocycles.